The van der Waals surface area contributed by atoms with Crippen molar-refractivity contribution < 1.29 is 14.3 Å². The Morgan fingerprint density at radius 2 is 1.92 bits per heavy atom. The van der Waals surface area contributed by atoms with Gasteiger partial charge in [-0.25, -0.2) is 0 Å². The standard InChI is InChI=1S/C30H31ClN2O3/c1-20-8-10-25-24(16-20)29(2,3)30(32-28(34)13-15-33(25)30)14-12-21-9-11-26(27(18-21)35-4)36-19-22-6-5-7-23(31)17-22/h5-12,14,16-18H,13,15,19H2,1-4H3,(H,32,34). The quantitative estimate of drug-likeness (QED) is 0.432. The lowest BCUT2D eigenvalue weighted by Gasteiger charge is -2.49. The van der Waals surface area contributed by atoms with Gasteiger partial charge in [0.2, 0.25) is 5.91 Å². The average molecular weight is 503 g/mol. The molecule has 3 aromatic rings. The molecule has 2 heterocycles. The molecule has 1 amide bonds. The number of anilines is 1. The fourth-order valence-electron chi connectivity index (χ4n) is 5.38. The Morgan fingerprint density at radius 1 is 1.08 bits per heavy atom. The summed E-state index contributed by atoms with van der Waals surface area (Å²) in [6.07, 6.45) is 4.66. The SMILES string of the molecule is COc1cc(C=CC23NC(=O)CCN2c2ccc(C)cc2C3(C)C)ccc1OCc1cccc(Cl)c1. The fourth-order valence-corrected chi connectivity index (χ4v) is 5.59. The first kappa shape index (κ1) is 24.3. The first-order valence-electron chi connectivity index (χ1n) is 12.2. The number of amides is 1. The Hall–Kier alpha value is -3.44. The number of hydrogen-bond donors (Lipinski definition) is 1. The van der Waals surface area contributed by atoms with E-state index in [0.717, 1.165) is 11.1 Å². The van der Waals surface area contributed by atoms with Gasteiger partial charge in [0.25, 0.3) is 0 Å². The van der Waals surface area contributed by atoms with Gasteiger partial charge in [-0.2, -0.15) is 0 Å². The van der Waals surface area contributed by atoms with Crippen LogP contribution in [0.15, 0.2) is 66.7 Å². The largest absolute Gasteiger partial charge is 0.493 e. The van der Waals surface area contributed by atoms with Crippen molar-refractivity contribution in [2.75, 3.05) is 18.6 Å². The van der Waals surface area contributed by atoms with Crippen LogP contribution in [0, 0.1) is 6.92 Å². The summed E-state index contributed by atoms with van der Waals surface area (Å²) >= 11 is 6.09. The third-order valence-electron chi connectivity index (χ3n) is 7.38. The minimum atomic E-state index is -0.659. The van der Waals surface area contributed by atoms with E-state index >= 15 is 0 Å². The van der Waals surface area contributed by atoms with E-state index in [9.17, 15) is 4.79 Å². The smallest absolute Gasteiger partial charge is 0.223 e. The minimum Gasteiger partial charge on any atom is -0.493 e. The highest BCUT2D eigenvalue weighted by Crippen LogP contribution is 2.52. The van der Waals surface area contributed by atoms with E-state index in [0.29, 0.717) is 36.1 Å². The Bertz CT molecular complexity index is 1350. The Kier molecular flexibility index (Phi) is 6.21. The van der Waals surface area contributed by atoms with E-state index in [1.807, 2.05) is 42.5 Å². The maximum absolute atomic E-state index is 12.7. The molecule has 1 fully saturated rings. The van der Waals surface area contributed by atoms with Crippen molar-refractivity contribution in [3.8, 4) is 11.5 Å². The van der Waals surface area contributed by atoms with Crippen molar-refractivity contribution in [2.24, 2.45) is 0 Å². The molecule has 36 heavy (non-hydrogen) atoms. The van der Waals surface area contributed by atoms with Gasteiger partial charge in [0.05, 0.1) is 7.11 Å². The molecule has 6 heteroatoms. The number of rotatable bonds is 6. The lowest BCUT2D eigenvalue weighted by Crippen LogP contribution is -2.68. The number of methoxy groups -OCH3 is 1. The van der Waals surface area contributed by atoms with E-state index in [1.54, 1.807) is 7.11 Å². The number of carbonyl (C=O) groups excluding carboxylic acids is 1. The summed E-state index contributed by atoms with van der Waals surface area (Å²) in [5.74, 6) is 1.37. The maximum Gasteiger partial charge on any atom is 0.223 e. The van der Waals surface area contributed by atoms with Crippen LogP contribution >= 0.6 is 11.6 Å². The maximum atomic E-state index is 12.7. The fraction of sp³-hybridized carbons (Fsp3) is 0.300. The molecular formula is C30H31ClN2O3. The molecular weight excluding hydrogens is 472 g/mol. The second-order valence-corrected chi connectivity index (χ2v) is 10.5. The number of nitrogens with one attached hydrogen (secondary N) is 1. The molecule has 5 nitrogen and oxygen atoms in total. The molecule has 0 radical (unpaired) electrons. The molecule has 1 N–H and O–H groups in total. The monoisotopic (exact) mass is 502 g/mol. The van der Waals surface area contributed by atoms with Gasteiger partial charge >= 0.3 is 0 Å². The molecule has 0 bridgehead atoms. The number of fused-ring (bicyclic) bond motifs is 3. The summed E-state index contributed by atoms with van der Waals surface area (Å²) in [4.78, 5) is 15.0. The third kappa shape index (κ3) is 4.11. The first-order chi connectivity index (χ1) is 17.2. The van der Waals surface area contributed by atoms with Crippen LogP contribution in [-0.4, -0.2) is 25.2 Å². The van der Waals surface area contributed by atoms with Gasteiger partial charge in [0.1, 0.15) is 12.3 Å². The van der Waals surface area contributed by atoms with Crippen LogP contribution in [0.3, 0.4) is 0 Å². The third-order valence-corrected chi connectivity index (χ3v) is 7.61. The molecule has 2 aliphatic rings. The highest BCUT2D eigenvalue weighted by atomic mass is 35.5. The molecule has 1 saturated heterocycles. The lowest BCUT2D eigenvalue weighted by atomic mass is 9.74. The van der Waals surface area contributed by atoms with Gasteiger partial charge in [-0.05, 0) is 60.0 Å². The molecule has 3 aromatic carbocycles. The highest BCUT2D eigenvalue weighted by molar-refractivity contribution is 6.30. The van der Waals surface area contributed by atoms with Gasteiger partial charge in [-0.3, -0.25) is 4.79 Å². The van der Waals surface area contributed by atoms with Crippen LogP contribution < -0.4 is 19.7 Å². The summed E-state index contributed by atoms with van der Waals surface area (Å²) in [6.45, 7) is 7.58. The van der Waals surface area contributed by atoms with E-state index in [2.05, 4.69) is 61.3 Å². The Labute approximate surface area is 217 Å². The first-order valence-corrected chi connectivity index (χ1v) is 12.6. The van der Waals surface area contributed by atoms with Gasteiger partial charge in [-0.15, -0.1) is 0 Å². The summed E-state index contributed by atoms with van der Waals surface area (Å²) < 4.78 is 11.6. The molecule has 1 atom stereocenters. The lowest BCUT2D eigenvalue weighted by molar-refractivity contribution is -0.124. The molecule has 1 unspecified atom stereocenters. The van der Waals surface area contributed by atoms with Crippen molar-refractivity contribution in [1.82, 2.24) is 5.32 Å². The van der Waals surface area contributed by atoms with Crippen molar-refractivity contribution in [3.63, 3.8) is 0 Å². The summed E-state index contributed by atoms with van der Waals surface area (Å²) in [6, 6.07) is 20.0. The number of benzene rings is 3. The van der Waals surface area contributed by atoms with E-state index in [-0.39, 0.29) is 11.3 Å². The zero-order chi connectivity index (χ0) is 25.5. The number of nitrogens with zero attached hydrogens (tertiary/aromatic N) is 1. The van der Waals surface area contributed by atoms with Crippen molar-refractivity contribution >= 4 is 29.3 Å². The summed E-state index contributed by atoms with van der Waals surface area (Å²) in [7, 11) is 1.63. The van der Waals surface area contributed by atoms with Crippen LogP contribution in [0.25, 0.3) is 6.08 Å². The van der Waals surface area contributed by atoms with Crippen LogP contribution in [0.1, 0.15) is 42.5 Å². The molecule has 0 spiro atoms. The zero-order valence-corrected chi connectivity index (χ0v) is 21.9. The number of hydrogen-bond acceptors (Lipinski definition) is 4. The summed E-state index contributed by atoms with van der Waals surface area (Å²) in [5.41, 5.74) is 4.59. The second kappa shape index (κ2) is 9.21. The average Bonchev–Trinajstić information content (AvgIpc) is 3.04. The zero-order valence-electron chi connectivity index (χ0n) is 21.1. The number of carbonyl (C=O) groups is 1. The molecule has 5 rings (SSSR count). The minimum absolute atomic E-state index is 0.0656. The number of ether oxygens (including phenoxy) is 2. The molecule has 0 aliphatic carbocycles. The van der Waals surface area contributed by atoms with Gasteiger partial charge in [0, 0.05) is 29.1 Å². The second-order valence-electron chi connectivity index (χ2n) is 10.0. The van der Waals surface area contributed by atoms with E-state index in [4.69, 9.17) is 21.1 Å². The van der Waals surface area contributed by atoms with Crippen molar-refractivity contribution in [3.05, 3.63) is 94.0 Å². The van der Waals surface area contributed by atoms with Crippen LogP contribution in [0.5, 0.6) is 11.5 Å². The van der Waals surface area contributed by atoms with Crippen LogP contribution in [-0.2, 0) is 16.8 Å². The Morgan fingerprint density at radius 3 is 2.69 bits per heavy atom. The topological polar surface area (TPSA) is 50.8 Å². The highest BCUT2D eigenvalue weighted by Gasteiger charge is 2.57. The normalized spacial score (nSPS) is 20.1. The Balaban J connectivity index is 1.45. The van der Waals surface area contributed by atoms with E-state index < -0.39 is 5.66 Å². The van der Waals surface area contributed by atoms with Crippen LogP contribution in [0.4, 0.5) is 5.69 Å². The summed E-state index contributed by atoms with van der Waals surface area (Å²) in [5, 5.41) is 4.01. The number of aryl methyl sites for hydroxylation is 1. The molecule has 0 saturated carbocycles. The van der Waals surface area contributed by atoms with Gasteiger partial charge < -0.3 is 19.7 Å². The van der Waals surface area contributed by atoms with Gasteiger partial charge in [-0.1, -0.05) is 67.4 Å². The van der Waals surface area contributed by atoms with Crippen molar-refractivity contribution in [1.29, 1.82) is 0 Å². The number of halogens is 1. The predicted octanol–water partition coefficient (Wildman–Crippen LogP) is 6.26. The van der Waals surface area contributed by atoms with Gasteiger partial charge in [0.15, 0.2) is 11.5 Å². The molecule has 2 aliphatic heterocycles. The molecule has 0 aromatic heterocycles. The van der Waals surface area contributed by atoms with E-state index in [1.165, 1.54) is 16.8 Å². The van der Waals surface area contributed by atoms with Crippen LogP contribution in [0.2, 0.25) is 5.02 Å². The molecule has 186 valence electrons. The predicted molar refractivity (Wildman–Crippen MR) is 145 cm³/mol. The van der Waals surface area contributed by atoms with Crippen molar-refractivity contribution in [2.45, 2.75) is 44.9 Å².